The highest BCUT2D eigenvalue weighted by Gasteiger charge is 2.48. The third-order valence-corrected chi connectivity index (χ3v) is 6.97. The zero-order chi connectivity index (χ0) is 19.8. The summed E-state index contributed by atoms with van der Waals surface area (Å²) < 4.78 is 13.2. The lowest BCUT2D eigenvalue weighted by atomic mass is 9.93. The van der Waals surface area contributed by atoms with E-state index in [0.29, 0.717) is 18.0 Å². The fourth-order valence-electron chi connectivity index (χ4n) is 5.51. The third kappa shape index (κ3) is 3.52. The third-order valence-electron chi connectivity index (χ3n) is 6.97. The molecule has 2 aromatic carbocycles. The summed E-state index contributed by atoms with van der Waals surface area (Å²) in [7, 11) is 0. The van der Waals surface area contributed by atoms with Crippen molar-refractivity contribution in [3.05, 3.63) is 66.0 Å². The first-order valence-electron chi connectivity index (χ1n) is 10.8. The molecule has 3 atom stereocenters. The number of halogens is 1. The summed E-state index contributed by atoms with van der Waals surface area (Å²) in [6.45, 7) is 4.21. The smallest absolute Gasteiger partial charge is 0.227 e. The van der Waals surface area contributed by atoms with Crippen LogP contribution >= 0.6 is 0 Å². The average molecular weight is 394 g/mol. The molecule has 0 N–H and O–H groups in total. The van der Waals surface area contributed by atoms with Crippen LogP contribution in [0.4, 0.5) is 10.1 Å². The molecule has 152 valence electrons. The molecule has 5 rings (SSSR count). The van der Waals surface area contributed by atoms with Gasteiger partial charge in [0.1, 0.15) is 5.82 Å². The number of fused-ring (bicyclic) bond motifs is 1. The first kappa shape index (κ1) is 18.6. The number of piperazine rings is 1. The number of rotatable bonds is 3. The molecule has 2 aromatic rings. The molecule has 4 nitrogen and oxygen atoms in total. The number of benzene rings is 2. The maximum absolute atomic E-state index is 13.4. The van der Waals surface area contributed by atoms with Crippen LogP contribution in [0.1, 0.15) is 30.9 Å². The van der Waals surface area contributed by atoms with Crippen molar-refractivity contribution >= 4 is 11.6 Å². The van der Waals surface area contributed by atoms with Crippen LogP contribution in [-0.2, 0) is 4.79 Å². The van der Waals surface area contributed by atoms with Crippen molar-refractivity contribution in [2.45, 2.75) is 31.3 Å². The Bertz CT molecular complexity index is 848. The van der Waals surface area contributed by atoms with Crippen molar-refractivity contribution in [3.63, 3.8) is 0 Å². The molecule has 0 bridgehead atoms. The number of nitrogens with zero attached hydrogens (tertiary/aromatic N) is 3. The number of carbonyl (C=O) groups is 1. The number of hydrogen-bond acceptors (Lipinski definition) is 3. The summed E-state index contributed by atoms with van der Waals surface area (Å²) in [5.74, 6) is 0.233. The second-order valence-corrected chi connectivity index (χ2v) is 8.50. The zero-order valence-corrected chi connectivity index (χ0v) is 16.7. The summed E-state index contributed by atoms with van der Waals surface area (Å²) >= 11 is 0. The van der Waals surface area contributed by atoms with Crippen LogP contribution in [0, 0.1) is 11.7 Å². The molecule has 3 saturated heterocycles. The maximum atomic E-state index is 13.4. The number of hydrogen-bond donors (Lipinski definition) is 0. The van der Waals surface area contributed by atoms with E-state index in [1.54, 1.807) is 0 Å². The van der Waals surface area contributed by atoms with Gasteiger partial charge >= 0.3 is 0 Å². The molecule has 29 heavy (non-hydrogen) atoms. The summed E-state index contributed by atoms with van der Waals surface area (Å²) in [5, 5.41) is 0. The minimum absolute atomic E-state index is 0.111. The van der Waals surface area contributed by atoms with E-state index in [1.807, 2.05) is 12.1 Å². The van der Waals surface area contributed by atoms with Gasteiger partial charge in [-0.25, -0.2) is 4.39 Å². The Labute approximate surface area is 171 Å². The molecular formula is C24H28FN3O. The Morgan fingerprint density at radius 3 is 2.34 bits per heavy atom. The molecular weight excluding hydrogens is 365 g/mol. The zero-order valence-electron chi connectivity index (χ0n) is 16.7. The normalized spacial score (nSPS) is 27.3. The van der Waals surface area contributed by atoms with E-state index in [2.05, 4.69) is 45.0 Å². The highest BCUT2D eigenvalue weighted by atomic mass is 19.1. The number of carbonyl (C=O) groups excluding carboxylic acids is 1. The Kier molecular flexibility index (Phi) is 5.00. The molecule has 3 heterocycles. The molecule has 0 radical (unpaired) electrons. The van der Waals surface area contributed by atoms with Gasteiger partial charge in [-0.05, 0) is 55.6 Å². The van der Waals surface area contributed by atoms with Gasteiger partial charge in [0, 0.05) is 44.0 Å². The lowest BCUT2D eigenvalue weighted by Crippen LogP contribution is -2.51. The molecule has 0 unspecified atom stereocenters. The maximum Gasteiger partial charge on any atom is 0.227 e. The van der Waals surface area contributed by atoms with Gasteiger partial charge < -0.3 is 9.80 Å². The van der Waals surface area contributed by atoms with E-state index >= 15 is 0 Å². The van der Waals surface area contributed by atoms with E-state index < -0.39 is 0 Å². The molecule has 1 amide bonds. The topological polar surface area (TPSA) is 26.8 Å². The highest BCUT2D eigenvalue weighted by Crippen LogP contribution is 2.45. The van der Waals surface area contributed by atoms with Gasteiger partial charge in [-0.15, -0.1) is 0 Å². The van der Waals surface area contributed by atoms with Crippen LogP contribution in [0.25, 0.3) is 0 Å². The van der Waals surface area contributed by atoms with Crippen LogP contribution in [0.3, 0.4) is 0 Å². The first-order valence-corrected chi connectivity index (χ1v) is 10.8. The fraction of sp³-hybridized carbons (Fsp3) is 0.458. The lowest BCUT2D eigenvalue weighted by molar-refractivity contribution is -0.136. The monoisotopic (exact) mass is 393 g/mol. The van der Waals surface area contributed by atoms with Gasteiger partial charge in [0.15, 0.2) is 0 Å². The molecule has 0 saturated carbocycles. The second kappa shape index (κ2) is 7.79. The highest BCUT2D eigenvalue weighted by molar-refractivity contribution is 5.80. The van der Waals surface area contributed by atoms with Crippen LogP contribution < -0.4 is 4.90 Å². The molecule has 0 spiro atoms. The van der Waals surface area contributed by atoms with Crippen molar-refractivity contribution in [2.24, 2.45) is 5.92 Å². The van der Waals surface area contributed by atoms with Crippen molar-refractivity contribution < 1.29 is 9.18 Å². The number of amides is 1. The summed E-state index contributed by atoms with van der Waals surface area (Å²) in [5.41, 5.74) is 2.38. The minimum Gasteiger partial charge on any atom is -0.368 e. The Morgan fingerprint density at radius 2 is 1.62 bits per heavy atom. The molecule has 5 heteroatoms. The molecule has 3 aliphatic heterocycles. The van der Waals surface area contributed by atoms with Gasteiger partial charge in [0.25, 0.3) is 0 Å². The Balaban J connectivity index is 1.26. The lowest BCUT2D eigenvalue weighted by Gasteiger charge is -2.37. The van der Waals surface area contributed by atoms with Crippen molar-refractivity contribution in [1.82, 2.24) is 9.80 Å². The van der Waals surface area contributed by atoms with Crippen molar-refractivity contribution in [2.75, 3.05) is 37.6 Å². The SMILES string of the molecule is O=C([C@@H]1C[C@H](c2ccccc2)N2CCC[C@@H]12)N1CCN(c2ccc(F)cc2)CC1. The van der Waals surface area contributed by atoms with E-state index in [-0.39, 0.29) is 11.7 Å². The van der Waals surface area contributed by atoms with Gasteiger partial charge in [0.05, 0.1) is 5.92 Å². The van der Waals surface area contributed by atoms with Crippen LogP contribution in [0.5, 0.6) is 0 Å². The molecule has 3 aliphatic rings. The van der Waals surface area contributed by atoms with E-state index in [9.17, 15) is 9.18 Å². The first-order chi connectivity index (χ1) is 14.2. The van der Waals surface area contributed by atoms with Gasteiger partial charge in [-0.3, -0.25) is 9.69 Å². The molecule has 0 aromatic heterocycles. The minimum atomic E-state index is -0.210. The number of anilines is 1. The van der Waals surface area contributed by atoms with E-state index in [0.717, 1.165) is 51.3 Å². The van der Waals surface area contributed by atoms with Gasteiger partial charge in [0.2, 0.25) is 5.91 Å². The summed E-state index contributed by atoms with van der Waals surface area (Å²) in [6, 6.07) is 18.1. The summed E-state index contributed by atoms with van der Waals surface area (Å²) in [4.78, 5) is 20.3. The quantitative estimate of drug-likeness (QED) is 0.796. The van der Waals surface area contributed by atoms with Gasteiger partial charge in [-0.2, -0.15) is 0 Å². The largest absolute Gasteiger partial charge is 0.368 e. The second-order valence-electron chi connectivity index (χ2n) is 8.50. The molecule has 3 fully saturated rings. The van der Waals surface area contributed by atoms with Crippen molar-refractivity contribution in [3.8, 4) is 0 Å². The predicted octanol–water partition coefficient (Wildman–Crippen LogP) is 3.70. The van der Waals surface area contributed by atoms with E-state index in [4.69, 9.17) is 0 Å². The van der Waals surface area contributed by atoms with Gasteiger partial charge in [-0.1, -0.05) is 30.3 Å². The Hall–Kier alpha value is -2.40. The van der Waals surface area contributed by atoms with Crippen LogP contribution in [-0.4, -0.2) is 54.5 Å². The van der Waals surface area contributed by atoms with Crippen molar-refractivity contribution in [1.29, 1.82) is 0 Å². The van der Waals surface area contributed by atoms with E-state index in [1.165, 1.54) is 24.1 Å². The predicted molar refractivity (Wildman–Crippen MR) is 112 cm³/mol. The summed E-state index contributed by atoms with van der Waals surface area (Å²) in [6.07, 6.45) is 3.26. The fourth-order valence-corrected chi connectivity index (χ4v) is 5.51. The molecule has 0 aliphatic carbocycles. The van der Waals surface area contributed by atoms with Crippen LogP contribution in [0.2, 0.25) is 0 Å². The average Bonchev–Trinajstić information content (AvgIpc) is 3.37. The standard InChI is InChI=1S/C24H28FN3O/c25-19-8-10-20(11-9-19)26-13-15-27(16-14-26)24(29)21-17-23(18-5-2-1-3-6-18)28-12-4-7-22(21)28/h1-3,5-6,8-11,21-23H,4,7,12-17H2/t21-,22+,23-/m1/s1. The Morgan fingerprint density at radius 1 is 0.897 bits per heavy atom. The van der Waals surface area contributed by atoms with Crippen LogP contribution in [0.15, 0.2) is 54.6 Å².